The Morgan fingerprint density at radius 3 is 1.91 bits per heavy atom. The average Bonchev–Trinajstić information content (AvgIpc) is 3.68. The Bertz CT molecular complexity index is 1260. The lowest BCUT2D eigenvalue weighted by Gasteiger charge is -2.30. The van der Waals surface area contributed by atoms with Crippen molar-refractivity contribution in [2.45, 2.75) is 56.7 Å². The molecule has 184 valence electrons. The van der Waals surface area contributed by atoms with E-state index >= 15 is 4.39 Å². The number of epoxide rings is 1. The van der Waals surface area contributed by atoms with Crippen molar-refractivity contribution in [2.75, 3.05) is 6.61 Å². The first-order valence-corrected chi connectivity index (χ1v) is 11.8. The fourth-order valence-corrected chi connectivity index (χ4v) is 5.22. The van der Waals surface area contributed by atoms with Gasteiger partial charge in [-0.25, -0.2) is 22.0 Å². The molecule has 7 heteroatoms. The zero-order valence-corrected chi connectivity index (χ0v) is 19.1. The second-order valence-corrected chi connectivity index (χ2v) is 9.49. The fourth-order valence-electron chi connectivity index (χ4n) is 5.22. The van der Waals surface area contributed by atoms with E-state index in [0.717, 1.165) is 0 Å². The molecule has 2 unspecified atom stereocenters. The minimum Gasteiger partial charge on any atom is -0.389 e. The van der Waals surface area contributed by atoms with Crippen LogP contribution in [-0.4, -0.2) is 11.7 Å². The number of benzene rings is 3. The third-order valence-electron chi connectivity index (χ3n) is 7.30. The molecular formula is C28H25F5O2. The summed E-state index contributed by atoms with van der Waals surface area (Å²) in [6.07, 6.45) is 0.754. The molecule has 3 aromatic rings. The number of halogens is 5. The normalized spacial score (nSPS) is 22.8. The summed E-state index contributed by atoms with van der Waals surface area (Å²) >= 11 is 0. The van der Waals surface area contributed by atoms with Crippen molar-refractivity contribution in [2.24, 2.45) is 0 Å². The molecule has 35 heavy (non-hydrogen) atoms. The highest BCUT2D eigenvalue weighted by molar-refractivity contribution is 5.65. The van der Waals surface area contributed by atoms with Crippen molar-refractivity contribution in [1.82, 2.24) is 0 Å². The van der Waals surface area contributed by atoms with Crippen molar-refractivity contribution in [1.29, 1.82) is 0 Å². The van der Waals surface area contributed by atoms with Gasteiger partial charge in [0.2, 0.25) is 0 Å². The molecule has 0 spiro atoms. The number of hydrogen-bond donors (Lipinski definition) is 1. The minimum atomic E-state index is -1.10. The molecule has 1 saturated carbocycles. The Kier molecular flexibility index (Phi) is 6.40. The van der Waals surface area contributed by atoms with Gasteiger partial charge in [0.25, 0.3) is 0 Å². The van der Waals surface area contributed by atoms with E-state index in [9.17, 15) is 22.7 Å². The minimum absolute atomic E-state index is 0.0146. The van der Waals surface area contributed by atoms with Crippen LogP contribution in [0.5, 0.6) is 0 Å². The van der Waals surface area contributed by atoms with Crippen LogP contribution in [0, 0.1) is 29.1 Å². The summed E-state index contributed by atoms with van der Waals surface area (Å²) in [5.41, 5.74) is 1.08. The zero-order chi connectivity index (χ0) is 24.9. The van der Waals surface area contributed by atoms with Crippen LogP contribution >= 0.6 is 0 Å². The van der Waals surface area contributed by atoms with Gasteiger partial charge in [-0.1, -0.05) is 36.4 Å². The largest absolute Gasteiger partial charge is 0.389 e. The summed E-state index contributed by atoms with van der Waals surface area (Å²) in [6.45, 7) is 1.74. The summed E-state index contributed by atoms with van der Waals surface area (Å²) in [5.74, 6) is -4.77. The smallest absolute Gasteiger partial charge is 0.167 e. The molecule has 0 radical (unpaired) electrons. The maximum Gasteiger partial charge on any atom is 0.167 e. The first-order chi connectivity index (χ1) is 16.8. The van der Waals surface area contributed by atoms with E-state index in [-0.39, 0.29) is 39.7 Å². The van der Waals surface area contributed by atoms with Gasteiger partial charge in [-0.3, -0.25) is 0 Å². The molecule has 5 rings (SSSR count). The van der Waals surface area contributed by atoms with Crippen LogP contribution < -0.4 is 0 Å². The Labute approximate surface area is 200 Å². The Balaban J connectivity index is 1.31. The van der Waals surface area contributed by atoms with Crippen LogP contribution in [0.15, 0.2) is 42.5 Å². The number of aliphatic hydroxyl groups is 1. The standard InChI is InChI=1S/C28H25F5O2/c1-14(34)18-8-9-20(26(31)25(18)30)16-4-2-15(3-5-16)19-7-6-17(12-23(19)29)21-10-11-22(24-13-35-24)28(33)27(21)32/h6-12,14-16,24,34H,2-5,13H2,1H3. The van der Waals surface area contributed by atoms with Crippen molar-refractivity contribution in [3.05, 3.63) is 93.8 Å². The number of rotatable bonds is 5. The Morgan fingerprint density at radius 1 is 0.743 bits per heavy atom. The zero-order valence-electron chi connectivity index (χ0n) is 19.1. The van der Waals surface area contributed by atoms with E-state index in [4.69, 9.17) is 4.74 Å². The lowest BCUT2D eigenvalue weighted by molar-refractivity contribution is 0.192. The number of ether oxygens (including phenoxy) is 1. The predicted molar refractivity (Wildman–Crippen MR) is 121 cm³/mol. The van der Waals surface area contributed by atoms with Gasteiger partial charge in [-0.15, -0.1) is 0 Å². The molecule has 1 aliphatic carbocycles. The Morgan fingerprint density at radius 2 is 1.31 bits per heavy atom. The molecule has 2 nitrogen and oxygen atoms in total. The summed E-state index contributed by atoms with van der Waals surface area (Å²) in [6, 6.07) is 10.2. The van der Waals surface area contributed by atoms with Gasteiger partial charge in [0.05, 0.1) is 12.7 Å². The first-order valence-electron chi connectivity index (χ1n) is 11.8. The number of aliphatic hydroxyl groups excluding tert-OH is 1. The lowest BCUT2D eigenvalue weighted by Crippen LogP contribution is -2.15. The molecule has 2 atom stereocenters. The second-order valence-electron chi connectivity index (χ2n) is 9.49. The molecule has 1 heterocycles. The van der Waals surface area contributed by atoms with E-state index in [1.807, 2.05) is 0 Å². The highest BCUT2D eigenvalue weighted by Gasteiger charge is 2.31. The van der Waals surface area contributed by atoms with Gasteiger partial charge < -0.3 is 9.84 Å². The summed E-state index contributed by atoms with van der Waals surface area (Å²) < 4.78 is 78.0. The van der Waals surface area contributed by atoms with Gasteiger partial charge in [0.1, 0.15) is 11.9 Å². The van der Waals surface area contributed by atoms with Crippen molar-refractivity contribution in [3.8, 4) is 11.1 Å². The van der Waals surface area contributed by atoms with Crippen LogP contribution in [0.25, 0.3) is 11.1 Å². The van der Waals surface area contributed by atoms with E-state index in [0.29, 0.717) is 37.9 Å². The van der Waals surface area contributed by atoms with Gasteiger partial charge in [0.15, 0.2) is 23.3 Å². The molecule has 1 saturated heterocycles. The summed E-state index contributed by atoms with van der Waals surface area (Å²) in [5, 5.41) is 9.59. The van der Waals surface area contributed by atoms with Crippen LogP contribution in [0.3, 0.4) is 0 Å². The Hall–Kier alpha value is -2.77. The maximum absolute atomic E-state index is 15.1. The van der Waals surface area contributed by atoms with Crippen LogP contribution in [0.4, 0.5) is 22.0 Å². The van der Waals surface area contributed by atoms with Gasteiger partial charge in [-0.05, 0) is 67.2 Å². The van der Waals surface area contributed by atoms with Gasteiger partial charge >= 0.3 is 0 Å². The molecule has 0 aromatic heterocycles. The molecule has 1 aliphatic heterocycles. The van der Waals surface area contributed by atoms with Gasteiger partial charge in [-0.2, -0.15) is 0 Å². The second kappa shape index (κ2) is 9.36. The molecule has 0 amide bonds. The third-order valence-corrected chi connectivity index (χ3v) is 7.30. The fraction of sp³-hybridized carbons (Fsp3) is 0.357. The van der Waals surface area contributed by atoms with Crippen molar-refractivity contribution < 1.29 is 31.8 Å². The molecular weight excluding hydrogens is 463 g/mol. The quantitative estimate of drug-likeness (QED) is 0.296. The van der Waals surface area contributed by atoms with E-state index < -0.39 is 41.3 Å². The molecule has 3 aromatic carbocycles. The average molecular weight is 488 g/mol. The number of hydrogen-bond acceptors (Lipinski definition) is 2. The highest BCUT2D eigenvalue weighted by Crippen LogP contribution is 2.43. The molecule has 1 N–H and O–H groups in total. The first kappa shape index (κ1) is 23.9. The molecule has 2 aliphatic rings. The van der Waals surface area contributed by atoms with Gasteiger partial charge in [0, 0.05) is 16.7 Å². The van der Waals surface area contributed by atoms with E-state index in [2.05, 4.69) is 0 Å². The highest BCUT2D eigenvalue weighted by atomic mass is 19.2. The van der Waals surface area contributed by atoms with Crippen LogP contribution in [-0.2, 0) is 4.74 Å². The monoisotopic (exact) mass is 488 g/mol. The summed E-state index contributed by atoms with van der Waals surface area (Å²) in [4.78, 5) is 0. The van der Waals surface area contributed by atoms with Crippen molar-refractivity contribution >= 4 is 0 Å². The van der Waals surface area contributed by atoms with Crippen molar-refractivity contribution in [3.63, 3.8) is 0 Å². The lowest BCUT2D eigenvalue weighted by atomic mass is 9.75. The van der Waals surface area contributed by atoms with E-state index in [1.54, 1.807) is 12.1 Å². The van der Waals surface area contributed by atoms with Crippen LogP contribution in [0.2, 0.25) is 0 Å². The van der Waals surface area contributed by atoms with E-state index in [1.165, 1.54) is 37.3 Å². The third kappa shape index (κ3) is 4.47. The summed E-state index contributed by atoms with van der Waals surface area (Å²) in [7, 11) is 0. The predicted octanol–water partition coefficient (Wildman–Crippen LogP) is 7.62. The molecule has 0 bridgehead atoms. The molecule has 2 fully saturated rings. The maximum atomic E-state index is 15.1. The topological polar surface area (TPSA) is 32.8 Å². The van der Waals surface area contributed by atoms with Crippen LogP contribution in [0.1, 0.15) is 78.9 Å². The SMILES string of the molecule is CC(O)c1ccc(C2CCC(c3ccc(-c4ccc(C5CO5)c(F)c4F)cc3F)CC2)c(F)c1F.